The summed E-state index contributed by atoms with van der Waals surface area (Å²) in [6, 6.07) is 9.87. The fourth-order valence-electron chi connectivity index (χ4n) is 3.18. The van der Waals surface area contributed by atoms with Crippen molar-refractivity contribution in [3.63, 3.8) is 0 Å². The van der Waals surface area contributed by atoms with Gasteiger partial charge in [0.05, 0.1) is 5.02 Å². The second-order valence-electron chi connectivity index (χ2n) is 5.85. The zero-order valence-corrected chi connectivity index (χ0v) is 13.5. The number of hydrogen-bond donors (Lipinski definition) is 0. The predicted octanol–water partition coefficient (Wildman–Crippen LogP) is 4.65. The lowest BCUT2D eigenvalue weighted by molar-refractivity contribution is 0.300. The molecule has 1 aliphatic carbocycles. The molecule has 3 nitrogen and oxygen atoms in total. The number of benzene rings is 2. The molecule has 0 amide bonds. The quantitative estimate of drug-likeness (QED) is 0.649. The van der Waals surface area contributed by atoms with E-state index in [0.29, 0.717) is 21.9 Å². The zero-order valence-electron chi connectivity index (χ0n) is 12.8. The first-order chi connectivity index (χ1) is 11.6. The Kier molecular flexibility index (Phi) is 3.77. The van der Waals surface area contributed by atoms with Crippen LogP contribution < -0.4 is 10.4 Å². The number of ether oxygens (including phenoxy) is 1. The van der Waals surface area contributed by atoms with Gasteiger partial charge in [-0.15, -0.1) is 0 Å². The van der Waals surface area contributed by atoms with Crippen LogP contribution >= 0.6 is 11.6 Å². The summed E-state index contributed by atoms with van der Waals surface area (Å²) in [5.74, 6) is 0.0931. The van der Waals surface area contributed by atoms with E-state index in [1.807, 2.05) is 6.07 Å². The van der Waals surface area contributed by atoms with Crippen LogP contribution in [0.5, 0.6) is 5.75 Å². The van der Waals surface area contributed by atoms with Crippen molar-refractivity contribution in [1.82, 2.24) is 0 Å². The minimum absolute atomic E-state index is 0.00614. The summed E-state index contributed by atoms with van der Waals surface area (Å²) in [4.78, 5) is 12.0. The largest absolute Gasteiger partial charge is 0.489 e. The van der Waals surface area contributed by atoms with Crippen LogP contribution in [0.4, 0.5) is 4.39 Å². The molecule has 0 atom stereocenters. The van der Waals surface area contributed by atoms with E-state index in [1.165, 1.54) is 6.07 Å². The molecule has 122 valence electrons. The van der Waals surface area contributed by atoms with Crippen molar-refractivity contribution in [2.75, 3.05) is 0 Å². The highest BCUT2D eigenvalue weighted by Gasteiger charge is 2.19. The van der Waals surface area contributed by atoms with E-state index in [4.69, 9.17) is 20.8 Å². The molecule has 0 spiro atoms. The molecule has 0 saturated carbocycles. The van der Waals surface area contributed by atoms with Crippen molar-refractivity contribution in [1.29, 1.82) is 0 Å². The van der Waals surface area contributed by atoms with Crippen molar-refractivity contribution in [2.45, 2.75) is 25.9 Å². The van der Waals surface area contributed by atoms with Gasteiger partial charge in [0, 0.05) is 22.6 Å². The first-order valence-electron chi connectivity index (χ1n) is 7.78. The summed E-state index contributed by atoms with van der Waals surface area (Å²) in [7, 11) is 0. The monoisotopic (exact) mass is 344 g/mol. The summed E-state index contributed by atoms with van der Waals surface area (Å²) >= 11 is 6.00. The summed E-state index contributed by atoms with van der Waals surface area (Å²) in [5.41, 5.74) is 2.39. The minimum atomic E-state index is -0.410. The lowest BCUT2D eigenvalue weighted by Gasteiger charge is -2.10. The summed E-state index contributed by atoms with van der Waals surface area (Å²) in [5, 5.41) is 1.26. The lowest BCUT2D eigenvalue weighted by atomic mass is 10.1. The first-order valence-corrected chi connectivity index (χ1v) is 8.15. The van der Waals surface area contributed by atoms with Crippen LogP contribution in [0.2, 0.25) is 5.02 Å². The predicted molar refractivity (Wildman–Crippen MR) is 90.3 cm³/mol. The number of rotatable bonds is 3. The molecule has 0 saturated heterocycles. The molecule has 4 rings (SSSR count). The van der Waals surface area contributed by atoms with Gasteiger partial charge in [-0.2, -0.15) is 0 Å². The molecule has 0 aliphatic heterocycles. The molecule has 1 aliphatic rings. The van der Waals surface area contributed by atoms with Gasteiger partial charge in [-0.25, -0.2) is 9.18 Å². The van der Waals surface area contributed by atoms with E-state index in [2.05, 4.69) is 0 Å². The molecule has 5 heteroatoms. The van der Waals surface area contributed by atoms with Gasteiger partial charge in [-0.1, -0.05) is 17.7 Å². The lowest BCUT2D eigenvalue weighted by Crippen LogP contribution is -2.07. The SMILES string of the molecule is O=c1oc2cc(OCc3c(F)cccc3Cl)ccc2c2c1CCC2. The van der Waals surface area contributed by atoms with Gasteiger partial charge in [-0.3, -0.25) is 0 Å². The maximum atomic E-state index is 13.8. The fourth-order valence-corrected chi connectivity index (χ4v) is 3.40. The van der Waals surface area contributed by atoms with Crippen LogP contribution in [0.15, 0.2) is 45.6 Å². The molecule has 1 heterocycles. The third-order valence-corrected chi connectivity index (χ3v) is 4.74. The minimum Gasteiger partial charge on any atom is -0.489 e. The Bertz CT molecular complexity index is 974. The van der Waals surface area contributed by atoms with E-state index < -0.39 is 5.82 Å². The van der Waals surface area contributed by atoms with Crippen LogP contribution in [0, 0.1) is 5.82 Å². The van der Waals surface area contributed by atoms with Crippen LogP contribution in [0.1, 0.15) is 23.1 Å². The maximum absolute atomic E-state index is 13.8. The Morgan fingerprint density at radius 3 is 2.83 bits per heavy atom. The summed E-state index contributed by atoms with van der Waals surface area (Å²) < 4.78 is 24.8. The highest BCUT2D eigenvalue weighted by atomic mass is 35.5. The Hall–Kier alpha value is -2.33. The van der Waals surface area contributed by atoms with Crippen LogP contribution in [0.3, 0.4) is 0 Å². The Morgan fingerprint density at radius 1 is 1.17 bits per heavy atom. The molecule has 0 fully saturated rings. The molecular formula is C19H14ClFO3. The molecule has 0 N–H and O–H groups in total. The maximum Gasteiger partial charge on any atom is 0.339 e. The average molecular weight is 345 g/mol. The van der Waals surface area contributed by atoms with Crippen LogP contribution in [-0.4, -0.2) is 0 Å². The van der Waals surface area contributed by atoms with Gasteiger partial charge in [0.1, 0.15) is 23.8 Å². The Labute approximate surface area is 142 Å². The highest BCUT2D eigenvalue weighted by Crippen LogP contribution is 2.30. The number of halogens is 2. The molecule has 1 aromatic heterocycles. The zero-order chi connectivity index (χ0) is 16.7. The van der Waals surface area contributed by atoms with Crippen LogP contribution in [-0.2, 0) is 19.4 Å². The van der Waals surface area contributed by atoms with Crippen molar-refractivity contribution in [3.05, 3.63) is 74.3 Å². The average Bonchev–Trinajstić information content (AvgIpc) is 3.05. The fraction of sp³-hybridized carbons (Fsp3) is 0.211. The van der Waals surface area contributed by atoms with E-state index in [-0.39, 0.29) is 12.2 Å². The standard InChI is InChI=1S/C19H14ClFO3/c20-16-5-2-6-17(21)15(16)10-23-11-7-8-13-12-3-1-4-14(12)19(22)24-18(13)9-11/h2,5-9H,1,3-4,10H2. The summed E-state index contributed by atoms with van der Waals surface area (Å²) in [6.07, 6.45) is 2.64. The molecule has 0 bridgehead atoms. The van der Waals surface area contributed by atoms with Gasteiger partial charge < -0.3 is 9.15 Å². The van der Waals surface area contributed by atoms with Crippen molar-refractivity contribution in [3.8, 4) is 5.75 Å². The van der Waals surface area contributed by atoms with Gasteiger partial charge in [0.15, 0.2) is 0 Å². The van der Waals surface area contributed by atoms with E-state index >= 15 is 0 Å². The first kappa shape index (κ1) is 15.2. The number of aryl methyl sites for hydroxylation is 1. The van der Waals surface area contributed by atoms with Crippen LogP contribution in [0.25, 0.3) is 11.0 Å². The van der Waals surface area contributed by atoms with E-state index in [9.17, 15) is 9.18 Å². The van der Waals surface area contributed by atoms with E-state index in [1.54, 1.807) is 24.3 Å². The van der Waals surface area contributed by atoms with Gasteiger partial charge >= 0.3 is 5.63 Å². The molecule has 3 aromatic rings. The Balaban J connectivity index is 1.67. The highest BCUT2D eigenvalue weighted by molar-refractivity contribution is 6.31. The second kappa shape index (κ2) is 5.95. The van der Waals surface area contributed by atoms with Crippen molar-refractivity contribution < 1.29 is 13.5 Å². The molecule has 2 aromatic carbocycles. The third-order valence-electron chi connectivity index (χ3n) is 4.39. The van der Waals surface area contributed by atoms with Gasteiger partial charge in [-0.05, 0) is 49.1 Å². The summed E-state index contributed by atoms with van der Waals surface area (Å²) in [6.45, 7) is 0.00614. The van der Waals surface area contributed by atoms with Crippen molar-refractivity contribution in [2.24, 2.45) is 0 Å². The van der Waals surface area contributed by atoms with Gasteiger partial charge in [0.25, 0.3) is 0 Å². The topological polar surface area (TPSA) is 39.4 Å². The molecular weight excluding hydrogens is 331 g/mol. The molecule has 0 unspecified atom stereocenters. The van der Waals surface area contributed by atoms with Gasteiger partial charge in [0.2, 0.25) is 0 Å². The second-order valence-corrected chi connectivity index (χ2v) is 6.25. The smallest absolute Gasteiger partial charge is 0.339 e. The third kappa shape index (κ3) is 2.57. The Morgan fingerprint density at radius 2 is 2.00 bits per heavy atom. The van der Waals surface area contributed by atoms with Crippen molar-refractivity contribution >= 4 is 22.6 Å². The number of fused-ring (bicyclic) bond motifs is 3. The van der Waals surface area contributed by atoms with E-state index in [0.717, 1.165) is 35.8 Å². The number of hydrogen-bond acceptors (Lipinski definition) is 3. The molecule has 0 radical (unpaired) electrons. The normalized spacial score (nSPS) is 13.2. The molecule has 24 heavy (non-hydrogen) atoms.